The highest BCUT2D eigenvalue weighted by atomic mass is 16.3. The predicted octanol–water partition coefficient (Wildman–Crippen LogP) is 1.18. The van der Waals surface area contributed by atoms with Crippen LogP contribution in [0.1, 0.15) is 23.6 Å². The van der Waals surface area contributed by atoms with Crippen LogP contribution in [0.4, 0.5) is 0 Å². The Morgan fingerprint density at radius 2 is 2.12 bits per heavy atom. The molecular weight excluding hydrogens is 214 g/mol. The lowest BCUT2D eigenvalue weighted by molar-refractivity contribution is 0.138. The molecule has 17 heavy (non-hydrogen) atoms. The number of aromatic nitrogens is 3. The van der Waals surface area contributed by atoms with Gasteiger partial charge in [-0.25, -0.2) is 9.67 Å². The van der Waals surface area contributed by atoms with Gasteiger partial charge in [0.1, 0.15) is 5.82 Å². The van der Waals surface area contributed by atoms with Crippen molar-refractivity contribution < 1.29 is 5.11 Å². The van der Waals surface area contributed by atoms with Gasteiger partial charge >= 0.3 is 0 Å². The number of aryl methyl sites for hydroxylation is 1. The second kappa shape index (κ2) is 4.30. The Hall–Kier alpha value is -1.68. The maximum Gasteiger partial charge on any atom is 0.155 e. The van der Waals surface area contributed by atoms with Gasteiger partial charge in [0.25, 0.3) is 0 Å². The van der Waals surface area contributed by atoms with Gasteiger partial charge in [-0.2, -0.15) is 5.10 Å². The van der Waals surface area contributed by atoms with E-state index in [4.69, 9.17) is 0 Å². The number of aliphatic hydroxyl groups is 1. The van der Waals surface area contributed by atoms with E-state index in [9.17, 15) is 5.11 Å². The van der Waals surface area contributed by atoms with Crippen molar-refractivity contribution >= 4 is 0 Å². The first-order valence-corrected chi connectivity index (χ1v) is 5.96. The first kappa shape index (κ1) is 10.5. The van der Waals surface area contributed by atoms with Crippen LogP contribution in [-0.2, 0) is 19.4 Å². The number of rotatable bonds is 2. The van der Waals surface area contributed by atoms with Crippen molar-refractivity contribution in [2.45, 2.75) is 31.9 Å². The van der Waals surface area contributed by atoms with Gasteiger partial charge in [-0.05, 0) is 12.0 Å². The van der Waals surface area contributed by atoms with E-state index in [2.05, 4.69) is 22.2 Å². The van der Waals surface area contributed by atoms with Crippen LogP contribution in [-0.4, -0.2) is 26.0 Å². The van der Waals surface area contributed by atoms with Gasteiger partial charge in [-0.15, -0.1) is 0 Å². The Morgan fingerprint density at radius 3 is 2.94 bits per heavy atom. The molecule has 0 bridgehead atoms. The molecule has 1 unspecified atom stereocenters. The SMILES string of the molecule is OC1CCn2nc(Cc3ccccc3)nc2C1. The summed E-state index contributed by atoms with van der Waals surface area (Å²) in [7, 11) is 0. The number of hydrogen-bond acceptors (Lipinski definition) is 3. The number of benzene rings is 1. The zero-order chi connectivity index (χ0) is 11.7. The lowest BCUT2D eigenvalue weighted by Crippen LogP contribution is -2.23. The molecule has 4 nitrogen and oxygen atoms in total. The predicted molar refractivity (Wildman–Crippen MR) is 63.6 cm³/mol. The molecule has 0 amide bonds. The molecule has 1 aliphatic rings. The van der Waals surface area contributed by atoms with Crippen LogP contribution in [0.15, 0.2) is 30.3 Å². The van der Waals surface area contributed by atoms with Crippen molar-refractivity contribution in [1.29, 1.82) is 0 Å². The fourth-order valence-corrected chi connectivity index (χ4v) is 2.19. The number of fused-ring (bicyclic) bond motifs is 1. The molecule has 0 fully saturated rings. The van der Waals surface area contributed by atoms with E-state index < -0.39 is 0 Å². The lowest BCUT2D eigenvalue weighted by Gasteiger charge is -2.16. The molecule has 1 aromatic carbocycles. The number of aliphatic hydroxyl groups excluding tert-OH is 1. The molecule has 88 valence electrons. The molecule has 1 atom stereocenters. The summed E-state index contributed by atoms with van der Waals surface area (Å²) in [5, 5.41) is 14.0. The number of hydrogen-bond donors (Lipinski definition) is 1. The van der Waals surface area contributed by atoms with Gasteiger partial charge in [0, 0.05) is 19.4 Å². The molecule has 3 rings (SSSR count). The van der Waals surface area contributed by atoms with Crippen molar-refractivity contribution in [3.8, 4) is 0 Å². The lowest BCUT2D eigenvalue weighted by atomic mass is 10.1. The zero-order valence-corrected chi connectivity index (χ0v) is 9.58. The topological polar surface area (TPSA) is 50.9 Å². The second-order valence-electron chi connectivity index (χ2n) is 4.48. The fraction of sp³-hybridized carbons (Fsp3) is 0.385. The average Bonchev–Trinajstić information content (AvgIpc) is 2.71. The Morgan fingerprint density at radius 1 is 1.29 bits per heavy atom. The van der Waals surface area contributed by atoms with Crippen LogP contribution in [0.25, 0.3) is 0 Å². The second-order valence-corrected chi connectivity index (χ2v) is 4.48. The van der Waals surface area contributed by atoms with Crippen LogP contribution in [0.3, 0.4) is 0 Å². The molecule has 0 spiro atoms. The maximum absolute atomic E-state index is 9.57. The van der Waals surface area contributed by atoms with Gasteiger partial charge in [-0.1, -0.05) is 30.3 Å². The van der Waals surface area contributed by atoms with E-state index in [-0.39, 0.29) is 6.10 Å². The molecule has 1 aromatic heterocycles. The molecule has 1 aliphatic heterocycles. The van der Waals surface area contributed by atoms with Gasteiger partial charge in [-0.3, -0.25) is 0 Å². The summed E-state index contributed by atoms with van der Waals surface area (Å²) >= 11 is 0. The molecule has 0 saturated heterocycles. The first-order chi connectivity index (χ1) is 8.31. The standard InChI is InChI=1S/C13H15N3O/c17-11-6-7-16-13(9-11)14-12(15-16)8-10-4-2-1-3-5-10/h1-5,11,17H,6-9H2. The van der Waals surface area contributed by atoms with E-state index in [1.165, 1.54) is 5.56 Å². The summed E-state index contributed by atoms with van der Waals surface area (Å²) in [4.78, 5) is 4.49. The van der Waals surface area contributed by atoms with Crippen LogP contribution in [0, 0.1) is 0 Å². The highest BCUT2D eigenvalue weighted by molar-refractivity contribution is 5.18. The summed E-state index contributed by atoms with van der Waals surface area (Å²) in [5.41, 5.74) is 1.22. The summed E-state index contributed by atoms with van der Waals surface area (Å²) in [6, 6.07) is 10.2. The zero-order valence-electron chi connectivity index (χ0n) is 9.58. The van der Waals surface area contributed by atoms with Crippen LogP contribution in [0.5, 0.6) is 0 Å². The average molecular weight is 229 g/mol. The third kappa shape index (κ3) is 2.22. The van der Waals surface area contributed by atoms with Gasteiger partial charge < -0.3 is 5.11 Å². The van der Waals surface area contributed by atoms with Crippen molar-refractivity contribution in [3.05, 3.63) is 47.5 Å². The highest BCUT2D eigenvalue weighted by Gasteiger charge is 2.19. The molecule has 0 aliphatic carbocycles. The van der Waals surface area contributed by atoms with E-state index in [1.807, 2.05) is 22.9 Å². The smallest absolute Gasteiger partial charge is 0.155 e. The van der Waals surface area contributed by atoms with Crippen molar-refractivity contribution in [2.24, 2.45) is 0 Å². The molecular formula is C13H15N3O. The summed E-state index contributed by atoms with van der Waals surface area (Å²) < 4.78 is 1.92. The first-order valence-electron chi connectivity index (χ1n) is 5.96. The Kier molecular flexibility index (Phi) is 2.65. The summed E-state index contributed by atoms with van der Waals surface area (Å²) in [5.74, 6) is 1.76. The third-order valence-corrected chi connectivity index (χ3v) is 3.09. The van der Waals surface area contributed by atoms with Crippen LogP contribution < -0.4 is 0 Å². The normalized spacial score (nSPS) is 19.0. The maximum atomic E-state index is 9.57. The molecule has 4 heteroatoms. The van der Waals surface area contributed by atoms with E-state index in [1.54, 1.807) is 0 Å². The van der Waals surface area contributed by atoms with Crippen molar-refractivity contribution in [3.63, 3.8) is 0 Å². The Balaban J connectivity index is 1.81. The van der Waals surface area contributed by atoms with Crippen LogP contribution >= 0.6 is 0 Å². The molecule has 0 radical (unpaired) electrons. The molecule has 2 aromatic rings. The molecule has 1 N–H and O–H groups in total. The molecule has 2 heterocycles. The Bertz CT molecular complexity index is 507. The Labute approximate surface area is 99.9 Å². The van der Waals surface area contributed by atoms with Gasteiger partial charge in [0.05, 0.1) is 6.10 Å². The number of nitrogens with zero attached hydrogens (tertiary/aromatic N) is 3. The molecule has 0 saturated carbocycles. The van der Waals surface area contributed by atoms with E-state index in [0.29, 0.717) is 6.42 Å². The minimum Gasteiger partial charge on any atom is -0.393 e. The quantitative estimate of drug-likeness (QED) is 0.841. The highest BCUT2D eigenvalue weighted by Crippen LogP contribution is 2.14. The third-order valence-electron chi connectivity index (χ3n) is 3.09. The van der Waals surface area contributed by atoms with Gasteiger partial charge in [0.15, 0.2) is 5.82 Å². The van der Waals surface area contributed by atoms with Crippen LogP contribution in [0.2, 0.25) is 0 Å². The monoisotopic (exact) mass is 229 g/mol. The summed E-state index contributed by atoms with van der Waals surface area (Å²) in [6.45, 7) is 0.776. The van der Waals surface area contributed by atoms with E-state index >= 15 is 0 Å². The van der Waals surface area contributed by atoms with Crippen molar-refractivity contribution in [2.75, 3.05) is 0 Å². The fourth-order valence-electron chi connectivity index (χ4n) is 2.19. The van der Waals surface area contributed by atoms with Crippen molar-refractivity contribution in [1.82, 2.24) is 14.8 Å². The minimum atomic E-state index is -0.253. The minimum absolute atomic E-state index is 0.253. The van der Waals surface area contributed by atoms with Gasteiger partial charge in [0.2, 0.25) is 0 Å². The largest absolute Gasteiger partial charge is 0.393 e. The van der Waals surface area contributed by atoms with E-state index in [0.717, 1.165) is 31.0 Å². The summed E-state index contributed by atoms with van der Waals surface area (Å²) in [6.07, 6.45) is 1.91.